The van der Waals surface area contributed by atoms with E-state index in [0.29, 0.717) is 26.3 Å². The van der Waals surface area contributed by atoms with Crippen LogP contribution < -0.4 is 36.0 Å². The Labute approximate surface area is 241 Å². The van der Waals surface area contributed by atoms with Gasteiger partial charge in [0.15, 0.2) is 0 Å². The van der Waals surface area contributed by atoms with Crippen LogP contribution in [0, 0.1) is 3.70 Å². The Balaban J connectivity index is 1.26. The Morgan fingerprint density at radius 1 is 1.13 bits per heavy atom. The molecule has 0 atom stereocenters. The number of nitrogens with zero attached hydrogens (tertiary/aromatic N) is 2. The van der Waals surface area contributed by atoms with Crippen LogP contribution >= 0.6 is 0 Å². The minimum absolute atomic E-state index is 0.263. The molecule has 39 heavy (non-hydrogen) atoms. The summed E-state index contributed by atoms with van der Waals surface area (Å²) in [4.78, 5) is 18.9. The van der Waals surface area contributed by atoms with E-state index in [1.54, 1.807) is 11.0 Å². The molecular weight excluding hydrogens is 605 g/mol. The van der Waals surface area contributed by atoms with Crippen LogP contribution in [0.1, 0.15) is 38.3 Å². The number of fused-ring (bicyclic) bond motifs is 1. The Morgan fingerprint density at radius 2 is 1.95 bits per heavy atom. The summed E-state index contributed by atoms with van der Waals surface area (Å²) in [5.74, 6) is 1.74. The van der Waals surface area contributed by atoms with Gasteiger partial charge >= 0.3 is 222 Å². The summed E-state index contributed by atoms with van der Waals surface area (Å²) < 4.78 is 19.5. The molecule has 1 aliphatic heterocycles. The van der Waals surface area contributed by atoms with Gasteiger partial charge in [-0.25, -0.2) is 0 Å². The number of nitrogens with one attached hydrogen (secondary N) is 1. The van der Waals surface area contributed by atoms with Crippen molar-refractivity contribution in [2.45, 2.75) is 45.8 Å². The van der Waals surface area contributed by atoms with E-state index in [1.807, 2.05) is 69.4 Å². The van der Waals surface area contributed by atoms with Crippen LogP contribution in [-0.2, 0) is 17.7 Å². The maximum absolute atomic E-state index is 12.5. The van der Waals surface area contributed by atoms with Gasteiger partial charge in [-0.1, -0.05) is 0 Å². The van der Waals surface area contributed by atoms with Gasteiger partial charge in [-0.15, -0.1) is 0 Å². The molecule has 1 aliphatic rings. The summed E-state index contributed by atoms with van der Waals surface area (Å²) in [5.41, 5.74) is 3.88. The van der Waals surface area contributed by atoms with E-state index in [9.17, 15) is 4.79 Å². The molecule has 0 saturated heterocycles. The number of carbonyl (C=O) groups is 1. The van der Waals surface area contributed by atoms with Gasteiger partial charge < -0.3 is 0 Å². The first-order valence-electron chi connectivity index (χ1n) is 13.2. The number of benzene rings is 2. The average Bonchev–Trinajstić information content (AvgIpc) is 2.92. The molecule has 2 heterocycles. The normalized spacial score (nSPS) is 12.9. The van der Waals surface area contributed by atoms with E-state index in [4.69, 9.17) is 14.2 Å². The number of ether oxygens (including phenoxy) is 3. The van der Waals surface area contributed by atoms with Crippen LogP contribution in [0.5, 0.6) is 11.5 Å². The van der Waals surface area contributed by atoms with Crippen molar-refractivity contribution in [2.24, 2.45) is 0 Å². The summed E-state index contributed by atoms with van der Waals surface area (Å²) in [7, 11) is 0. The van der Waals surface area contributed by atoms with Gasteiger partial charge in [0.05, 0.1) is 0 Å². The molecule has 8 heteroatoms. The van der Waals surface area contributed by atoms with Crippen molar-refractivity contribution < 1.29 is 40.2 Å². The predicted molar refractivity (Wildman–Crippen MR) is 150 cm³/mol. The van der Waals surface area contributed by atoms with E-state index in [1.165, 1.54) is 5.56 Å². The second-order valence-electron chi connectivity index (χ2n) is 10.2. The van der Waals surface area contributed by atoms with Crippen LogP contribution in [0.4, 0.5) is 16.2 Å². The van der Waals surface area contributed by atoms with Crippen molar-refractivity contribution >= 4 is 17.5 Å². The molecule has 7 nitrogen and oxygen atoms in total. The SMILES string of the molecule is C=CCOc1ccc(Nc2cccnc2[I-]CCCOc2cccc3c2CCN(C(=O)OC(C)(C)C)C3)cc1. The Bertz CT molecular complexity index is 1260. The first-order chi connectivity index (χ1) is 18.8. The van der Waals surface area contributed by atoms with E-state index in [2.05, 4.69) is 29.0 Å². The Morgan fingerprint density at radius 3 is 2.72 bits per heavy atom. The van der Waals surface area contributed by atoms with Crippen LogP contribution in [0.25, 0.3) is 0 Å². The van der Waals surface area contributed by atoms with Gasteiger partial charge in [0.1, 0.15) is 0 Å². The fourth-order valence-corrected chi connectivity index (χ4v) is 6.40. The number of halogens is 1. The summed E-state index contributed by atoms with van der Waals surface area (Å²) in [6.07, 6.45) is 5.06. The third-order valence-corrected chi connectivity index (χ3v) is 8.78. The molecule has 0 aliphatic carbocycles. The van der Waals surface area contributed by atoms with Gasteiger partial charge in [-0.3, -0.25) is 0 Å². The molecule has 0 saturated carbocycles. The molecular formula is C31H37IN3O4-. The molecule has 0 radical (unpaired) electrons. The molecule has 1 aromatic heterocycles. The maximum atomic E-state index is 12.5. The summed E-state index contributed by atoms with van der Waals surface area (Å²) in [5, 5.41) is 3.50. The minimum atomic E-state index is -0.497. The molecule has 208 valence electrons. The van der Waals surface area contributed by atoms with Crippen LogP contribution in [0.15, 0.2) is 73.4 Å². The second-order valence-corrected chi connectivity index (χ2v) is 13.0. The van der Waals surface area contributed by atoms with E-state index < -0.39 is 5.60 Å². The van der Waals surface area contributed by atoms with Gasteiger partial charge in [0, 0.05) is 0 Å². The summed E-state index contributed by atoms with van der Waals surface area (Å²) in [6, 6.07) is 18.1. The standard InChI is InChI=1S/C31H37IN3O4/c1-5-20-37-25-14-12-24(13-15-25)34-27-10-7-18-33-29(27)32-17-8-21-38-28-11-6-9-23-22-35(19-16-26(23)28)30(36)39-31(2,3)4/h5-7,9-15,18,34H,1,8,16-17,19-22H2,2-4H3/q-1. The first kappa shape index (κ1) is 28.7. The second kappa shape index (κ2) is 13.7. The first-order valence-corrected chi connectivity index (χ1v) is 15.8. The van der Waals surface area contributed by atoms with Crippen molar-refractivity contribution in [3.05, 3.63) is 88.3 Å². The van der Waals surface area contributed by atoms with Gasteiger partial charge in [-0.05, 0) is 20.8 Å². The third kappa shape index (κ3) is 8.61. The van der Waals surface area contributed by atoms with Crippen molar-refractivity contribution in [1.29, 1.82) is 0 Å². The number of amides is 1. The zero-order chi connectivity index (χ0) is 27.7. The molecule has 0 bridgehead atoms. The number of alkyl halides is 1. The fraction of sp³-hybridized carbons (Fsp3) is 0.355. The third-order valence-electron chi connectivity index (χ3n) is 5.89. The monoisotopic (exact) mass is 642 g/mol. The number of rotatable bonds is 11. The Hall–Kier alpha value is -3.27. The molecule has 4 rings (SSSR count). The Kier molecular flexibility index (Phi) is 10.1. The number of hydrogen-bond donors (Lipinski definition) is 1. The molecule has 2 aromatic carbocycles. The van der Waals surface area contributed by atoms with Crippen LogP contribution in [0.3, 0.4) is 0 Å². The molecule has 3 aromatic rings. The number of hydrogen-bond acceptors (Lipinski definition) is 6. The van der Waals surface area contributed by atoms with Gasteiger partial charge in [0.2, 0.25) is 0 Å². The number of anilines is 2. The number of pyridine rings is 1. The predicted octanol–water partition coefficient (Wildman–Crippen LogP) is 3.41. The summed E-state index contributed by atoms with van der Waals surface area (Å²) >= 11 is -0.274. The molecule has 1 amide bonds. The van der Waals surface area contributed by atoms with Crippen molar-refractivity contribution in [3.8, 4) is 11.5 Å². The average molecular weight is 643 g/mol. The zero-order valence-electron chi connectivity index (χ0n) is 22.9. The zero-order valence-corrected chi connectivity index (χ0v) is 25.1. The quantitative estimate of drug-likeness (QED) is 0.114. The topological polar surface area (TPSA) is 72.9 Å². The van der Waals surface area contributed by atoms with Gasteiger partial charge in [-0.2, -0.15) is 0 Å². The molecule has 0 unspecified atom stereocenters. The fourth-order valence-electron chi connectivity index (χ4n) is 4.12. The number of carbonyl (C=O) groups excluding carboxylic acids is 1. The van der Waals surface area contributed by atoms with E-state index in [-0.39, 0.29) is 27.3 Å². The summed E-state index contributed by atoms with van der Waals surface area (Å²) in [6.45, 7) is 11.7. The molecule has 0 fully saturated rings. The molecule has 0 spiro atoms. The van der Waals surface area contributed by atoms with E-state index in [0.717, 1.165) is 49.4 Å². The van der Waals surface area contributed by atoms with Crippen LogP contribution in [-0.4, -0.2) is 45.8 Å². The van der Waals surface area contributed by atoms with E-state index >= 15 is 0 Å². The van der Waals surface area contributed by atoms with Crippen molar-refractivity contribution in [1.82, 2.24) is 9.88 Å². The van der Waals surface area contributed by atoms with Crippen molar-refractivity contribution in [2.75, 3.05) is 29.5 Å². The number of aromatic nitrogens is 1. The van der Waals surface area contributed by atoms with Crippen LogP contribution in [0.2, 0.25) is 0 Å². The molecule has 1 N–H and O–H groups in total. The van der Waals surface area contributed by atoms with Gasteiger partial charge in [0.25, 0.3) is 0 Å². The van der Waals surface area contributed by atoms with Crippen molar-refractivity contribution in [3.63, 3.8) is 0 Å².